The zero-order valence-electron chi connectivity index (χ0n) is 11.2. The van der Waals surface area contributed by atoms with E-state index < -0.39 is 17.1 Å². The van der Waals surface area contributed by atoms with E-state index >= 15 is 0 Å². The molecule has 0 aliphatic heterocycles. The van der Waals surface area contributed by atoms with Crippen molar-refractivity contribution in [2.24, 2.45) is 0 Å². The number of urea groups is 1. The van der Waals surface area contributed by atoms with Crippen molar-refractivity contribution < 1.29 is 19.8 Å². The van der Waals surface area contributed by atoms with Crippen LogP contribution in [0.5, 0.6) is 0 Å². The van der Waals surface area contributed by atoms with Crippen LogP contribution in [0.25, 0.3) is 0 Å². The summed E-state index contributed by atoms with van der Waals surface area (Å²) in [6.45, 7) is 3.43. The molecule has 0 spiro atoms. The molecule has 6 heteroatoms. The molecular formula is C12H22N2O4. The van der Waals surface area contributed by atoms with Crippen LogP contribution in [0.15, 0.2) is 0 Å². The topological polar surface area (TPSA) is 89.9 Å². The van der Waals surface area contributed by atoms with Gasteiger partial charge in [0.25, 0.3) is 0 Å². The SMILES string of the molecule is CN(CC(C)(C)O)C(=O)NC1(CC(=O)O)CCC1. The number of carbonyl (C=O) groups excluding carboxylic acids is 1. The Kier molecular flexibility index (Phi) is 4.21. The normalized spacial score (nSPS) is 17.8. The predicted molar refractivity (Wildman–Crippen MR) is 66.3 cm³/mol. The van der Waals surface area contributed by atoms with Crippen molar-refractivity contribution >= 4 is 12.0 Å². The highest BCUT2D eigenvalue weighted by Crippen LogP contribution is 2.35. The van der Waals surface area contributed by atoms with Gasteiger partial charge in [-0.2, -0.15) is 0 Å². The summed E-state index contributed by atoms with van der Waals surface area (Å²) in [4.78, 5) is 24.1. The lowest BCUT2D eigenvalue weighted by atomic mass is 9.74. The molecule has 6 nitrogen and oxygen atoms in total. The minimum atomic E-state index is -0.967. The minimum absolute atomic E-state index is 0.0465. The summed E-state index contributed by atoms with van der Waals surface area (Å²) >= 11 is 0. The van der Waals surface area contributed by atoms with Crippen molar-refractivity contribution in [1.29, 1.82) is 0 Å². The molecule has 0 unspecified atom stereocenters. The van der Waals surface area contributed by atoms with Gasteiger partial charge in [0, 0.05) is 7.05 Å². The van der Waals surface area contributed by atoms with E-state index in [9.17, 15) is 14.7 Å². The van der Waals surface area contributed by atoms with Gasteiger partial charge in [0.1, 0.15) is 0 Å². The number of carbonyl (C=O) groups is 2. The average molecular weight is 258 g/mol. The molecule has 0 aromatic heterocycles. The van der Waals surface area contributed by atoms with E-state index in [0.717, 1.165) is 6.42 Å². The van der Waals surface area contributed by atoms with Gasteiger partial charge in [-0.15, -0.1) is 0 Å². The maximum atomic E-state index is 11.9. The molecule has 1 fully saturated rings. The first-order valence-corrected chi connectivity index (χ1v) is 6.11. The molecule has 104 valence electrons. The Balaban J connectivity index is 2.54. The fourth-order valence-corrected chi connectivity index (χ4v) is 2.21. The van der Waals surface area contributed by atoms with Crippen LogP contribution in [0.3, 0.4) is 0 Å². The van der Waals surface area contributed by atoms with Gasteiger partial charge in [-0.05, 0) is 33.1 Å². The van der Waals surface area contributed by atoms with Crippen molar-refractivity contribution in [3.05, 3.63) is 0 Å². The Morgan fingerprint density at radius 1 is 1.39 bits per heavy atom. The smallest absolute Gasteiger partial charge is 0.317 e. The van der Waals surface area contributed by atoms with Crippen LogP contribution in [0.4, 0.5) is 4.79 Å². The summed E-state index contributed by atoms with van der Waals surface area (Å²) in [5, 5.41) is 21.3. The molecule has 0 saturated heterocycles. The summed E-state index contributed by atoms with van der Waals surface area (Å²) in [6.07, 6.45) is 2.28. The Labute approximate surface area is 107 Å². The zero-order chi connectivity index (χ0) is 14.0. The Bertz CT molecular complexity index is 331. The number of nitrogens with one attached hydrogen (secondary N) is 1. The average Bonchev–Trinajstić information content (AvgIpc) is 2.10. The number of likely N-dealkylation sites (N-methyl/N-ethyl adjacent to an activating group) is 1. The maximum Gasteiger partial charge on any atom is 0.317 e. The molecule has 0 heterocycles. The summed E-state index contributed by atoms with van der Waals surface area (Å²) in [5.41, 5.74) is -1.57. The van der Waals surface area contributed by atoms with E-state index in [0.29, 0.717) is 12.8 Å². The lowest BCUT2D eigenvalue weighted by molar-refractivity contribution is -0.139. The highest BCUT2D eigenvalue weighted by atomic mass is 16.4. The fourth-order valence-electron chi connectivity index (χ4n) is 2.21. The third-order valence-corrected chi connectivity index (χ3v) is 3.14. The van der Waals surface area contributed by atoms with Crippen molar-refractivity contribution in [2.45, 2.75) is 50.7 Å². The number of carboxylic acids is 1. The first kappa shape index (κ1) is 14.8. The van der Waals surface area contributed by atoms with E-state index in [-0.39, 0.29) is 19.0 Å². The molecule has 2 amide bonds. The van der Waals surface area contributed by atoms with Gasteiger partial charge >= 0.3 is 12.0 Å². The molecule has 0 bridgehead atoms. The van der Waals surface area contributed by atoms with Crippen LogP contribution in [-0.2, 0) is 4.79 Å². The third-order valence-electron chi connectivity index (χ3n) is 3.14. The number of hydrogen-bond acceptors (Lipinski definition) is 3. The Morgan fingerprint density at radius 3 is 2.28 bits per heavy atom. The third kappa shape index (κ3) is 4.18. The Morgan fingerprint density at radius 2 is 1.94 bits per heavy atom. The quantitative estimate of drug-likeness (QED) is 0.680. The second-order valence-electron chi connectivity index (χ2n) is 5.80. The summed E-state index contributed by atoms with van der Waals surface area (Å²) in [6, 6.07) is -0.335. The lowest BCUT2D eigenvalue weighted by Gasteiger charge is -2.42. The van der Waals surface area contributed by atoms with Gasteiger partial charge in [0.2, 0.25) is 0 Å². The first-order valence-electron chi connectivity index (χ1n) is 6.11. The van der Waals surface area contributed by atoms with Crippen LogP contribution in [0.1, 0.15) is 39.5 Å². The molecule has 1 aliphatic carbocycles. The van der Waals surface area contributed by atoms with Crippen LogP contribution in [-0.4, -0.2) is 51.8 Å². The monoisotopic (exact) mass is 258 g/mol. The molecule has 1 aliphatic rings. The van der Waals surface area contributed by atoms with Crippen molar-refractivity contribution in [1.82, 2.24) is 10.2 Å². The maximum absolute atomic E-state index is 11.9. The van der Waals surface area contributed by atoms with Crippen LogP contribution in [0, 0.1) is 0 Å². The second-order valence-corrected chi connectivity index (χ2v) is 5.80. The molecule has 18 heavy (non-hydrogen) atoms. The number of hydrogen-bond donors (Lipinski definition) is 3. The number of carboxylic acid groups (broad SMARTS) is 1. The zero-order valence-corrected chi connectivity index (χ0v) is 11.2. The second kappa shape index (κ2) is 5.14. The number of amides is 2. The molecular weight excluding hydrogens is 236 g/mol. The highest BCUT2D eigenvalue weighted by molar-refractivity contribution is 5.77. The summed E-state index contributed by atoms with van der Waals surface area (Å²) in [7, 11) is 1.58. The number of aliphatic hydroxyl groups is 1. The van der Waals surface area contributed by atoms with Crippen LogP contribution in [0.2, 0.25) is 0 Å². The highest BCUT2D eigenvalue weighted by Gasteiger charge is 2.41. The van der Waals surface area contributed by atoms with Crippen molar-refractivity contribution in [2.75, 3.05) is 13.6 Å². The number of aliphatic carboxylic acids is 1. The van der Waals surface area contributed by atoms with E-state index in [1.54, 1.807) is 20.9 Å². The molecule has 0 radical (unpaired) electrons. The van der Waals surface area contributed by atoms with Gasteiger partial charge in [0.05, 0.1) is 24.1 Å². The van der Waals surface area contributed by atoms with Gasteiger partial charge < -0.3 is 20.4 Å². The summed E-state index contributed by atoms with van der Waals surface area (Å²) < 4.78 is 0. The molecule has 0 atom stereocenters. The van der Waals surface area contributed by atoms with Gasteiger partial charge in [-0.1, -0.05) is 0 Å². The summed E-state index contributed by atoms with van der Waals surface area (Å²) in [5.74, 6) is -0.903. The molecule has 1 saturated carbocycles. The van der Waals surface area contributed by atoms with Crippen LogP contribution < -0.4 is 5.32 Å². The fraction of sp³-hybridized carbons (Fsp3) is 0.833. The van der Waals surface area contributed by atoms with Gasteiger partial charge in [0.15, 0.2) is 0 Å². The van der Waals surface area contributed by atoms with E-state index in [1.807, 2.05) is 0 Å². The number of rotatable bonds is 5. The van der Waals surface area contributed by atoms with E-state index in [2.05, 4.69) is 5.32 Å². The van der Waals surface area contributed by atoms with Crippen molar-refractivity contribution in [3.8, 4) is 0 Å². The largest absolute Gasteiger partial charge is 0.481 e. The van der Waals surface area contributed by atoms with Crippen LogP contribution >= 0.6 is 0 Å². The minimum Gasteiger partial charge on any atom is -0.481 e. The van der Waals surface area contributed by atoms with E-state index in [1.165, 1.54) is 4.90 Å². The predicted octanol–water partition coefficient (Wildman–Crippen LogP) is 0.796. The lowest BCUT2D eigenvalue weighted by Crippen LogP contribution is -2.58. The molecule has 1 rings (SSSR count). The molecule has 3 N–H and O–H groups in total. The first-order chi connectivity index (χ1) is 8.14. The standard InChI is InChI=1S/C12H22N2O4/c1-11(2,18)8-14(3)10(17)13-12(5-4-6-12)7-9(15)16/h18H,4-8H2,1-3H3,(H,13,17)(H,15,16). The Hall–Kier alpha value is -1.30. The van der Waals surface area contributed by atoms with Gasteiger partial charge in [-0.25, -0.2) is 4.79 Å². The molecule has 0 aromatic carbocycles. The number of nitrogens with zero attached hydrogens (tertiary/aromatic N) is 1. The van der Waals surface area contributed by atoms with Gasteiger partial charge in [-0.3, -0.25) is 4.79 Å². The van der Waals surface area contributed by atoms with Crippen molar-refractivity contribution in [3.63, 3.8) is 0 Å². The molecule has 0 aromatic rings. The van der Waals surface area contributed by atoms with E-state index in [4.69, 9.17) is 5.11 Å².